The summed E-state index contributed by atoms with van der Waals surface area (Å²) in [5.41, 5.74) is 0.987. The fourth-order valence-corrected chi connectivity index (χ4v) is 4.25. The molecule has 0 unspecified atom stereocenters. The van der Waals surface area contributed by atoms with E-state index in [0.29, 0.717) is 6.42 Å². The first-order chi connectivity index (χ1) is 9.04. The number of likely N-dealkylation sites (N-methyl/N-ethyl adjacent to an activating group) is 1. The van der Waals surface area contributed by atoms with Crippen molar-refractivity contribution < 1.29 is 14.7 Å². The maximum Gasteiger partial charge on any atom is 0.262 e. The number of nitrogens with zero attached hydrogens (tertiary/aromatic N) is 1. The highest BCUT2D eigenvalue weighted by Crippen LogP contribution is 2.52. The molecule has 3 rings (SSSR count). The molecule has 2 aliphatic rings. The molecule has 1 aromatic carbocycles. The molecule has 2 heterocycles. The van der Waals surface area contributed by atoms with Crippen molar-refractivity contribution in [3.63, 3.8) is 0 Å². The topological polar surface area (TPSA) is 69.6 Å². The van der Waals surface area contributed by atoms with Crippen LogP contribution in [0.3, 0.4) is 0 Å². The molecule has 0 radical (unpaired) electrons. The van der Waals surface area contributed by atoms with E-state index in [0.717, 1.165) is 5.56 Å². The Hall–Kier alpha value is -1.53. The smallest absolute Gasteiger partial charge is 0.262 e. The van der Waals surface area contributed by atoms with Crippen LogP contribution in [-0.4, -0.2) is 45.2 Å². The summed E-state index contributed by atoms with van der Waals surface area (Å²) in [7, 11) is 1.62. The zero-order valence-electron chi connectivity index (χ0n) is 10.4. The van der Waals surface area contributed by atoms with Gasteiger partial charge in [-0.05, 0) is 5.56 Å². The van der Waals surface area contributed by atoms with Crippen LogP contribution in [-0.2, 0) is 16.0 Å². The number of rotatable bonds is 3. The summed E-state index contributed by atoms with van der Waals surface area (Å²) in [5, 5.41) is 12.1. The van der Waals surface area contributed by atoms with E-state index in [2.05, 4.69) is 5.32 Å². The van der Waals surface area contributed by atoms with Crippen molar-refractivity contribution in [1.29, 1.82) is 0 Å². The predicted molar refractivity (Wildman–Crippen MR) is 71.2 cm³/mol. The zero-order valence-corrected chi connectivity index (χ0v) is 11.2. The number of aliphatic hydroxyl groups is 1. The maximum absolute atomic E-state index is 12.2. The van der Waals surface area contributed by atoms with Crippen molar-refractivity contribution in [3.8, 4) is 0 Å². The van der Waals surface area contributed by atoms with Crippen LogP contribution in [0.4, 0.5) is 0 Å². The van der Waals surface area contributed by atoms with E-state index in [1.807, 2.05) is 30.3 Å². The van der Waals surface area contributed by atoms with Crippen molar-refractivity contribution in [2.45, 2.75) is 16.2 Å². The third-order valence-corrected chi connectivity index (χ3v) is 5.41. The van der Waals surface area contributed by atoms with Crippen molar-refractivity contribution >= 4 is 23.6 Å². The van der Waals surface area contributed by atoms with Gasteiger partial charge in [-0.15, -0.1) is 0 Å². The highest BCUT2D eigenvalue weighted by Gasteiger charge is 2.69. The molecule has 0 aliphatic carbocycles. The number of nitrogens with one attached hydrogen (secondary N) is 1. The van der Waals surface area contributed by atoms with Gasteiger partial charge in [-0.25, -0.2) is 0 Å². The third kappa shape index (κ3) is 1.53. The normalized spacial score (nSPS) is 32.8. The van der Waals surface area contributed by atoms with E-state index in [1.54, 1.807) is 7.05 Å². The lowest BCUT2D eigenvalue weighted by atomic mass is 10.0. The Bertz CT molecular complexity index is 550. The van der Waals surface area contributed by atoms with E-state index in [9.17, 15) is 14.7 Å². The van der Waals surface area contributed by atoms with Gasteiger partial charge in [-0.1, -0.05) is 42.1 Å². The summed E-state index contributed by atoms with van der Waals surface area (Å²) >= 11 is 1.21. The number of aliphatic hydroxyl groups excluding tert-OH is 1. The van der Waals surface area contributed by atoms with Crippen LogP contribution in [0.15, 0.2) is 30.3 Å². The Morgan fingerprint density at radius 1 is 1.32 bits per heavy atom. The number of hydrogen-bond acceptors (Lipinski definition) is 4. The van der Waals surface area contributed by atoms with Gasteiger partial charge in [-0.2, -0.15) is 0 Å². The molecule has 0 aromatic heterocycles. The lowest BCUT2D eigenvalue weighted by molar-refractivity contribution is -0.148. The van der Waals surface area contributed by atoms with E-state index in [1.165, 1.54) is 16.7 Å². The fraction of sp³-hybridized carbons (Fsp3) is 0.385. The molecular weight excluding hydrogens is 264 g/mol. The fourth-order valence-electron chi connectivity index (χ4n) is 2.64. The minimum absolute atomic E-state index is 0.211. The van der Waals surface area contributed by atoms with Crippen molar-refractivity contribution in [2.24, 2.45) is 0 Å². The largest absolute Gasteiger partial charge is 0.392 e. The van der Waals surface area contributed by atoms with Crippen LogP contribution >= 0.6 is 11.8 Å². The first kappa shape index (κ1) is 12.5. The second-order valence-electron chi connectivity index (χ2n) is 4.85. The van der Waals surface area contributed by atoms with Crippen LogP contribution in [0.1, 0.15) is 5.56 Å². The third-order valence-electron chi connectivity index (χ3n) is 3.71. The summed E-state index contributed by atoms with van der Waals surface area (Å²) in [6.07, 6.45) is 0.439. The van der Waals surface area contributed by atoms with Gasteiger partial charge in [0, 0.05) is 13.5 Å². The molecule has 6 heteroatoms. The molecule has 5 nitrogen and oxygen atoms in total. The van der Waals surface area contributed by atoms with Crippen molar-refractivity contribution in [2.75, 3.05) is 13.7 Å². The molecule has 2 aliphatic heterocycles. The number of carbonyl (C=O) groups is 2. The average molecular weight is 278 g/mol. The van der Waals surface area contributed by atoms with Crippen molar-refractivity contribution in [3.05, 3.63) is 35.9 Å². The van der Waals surface area contributed by atoms with Crippen LogP contribution in [0, 0.1) is 0 Å². The molecular formula is C13H14N2O3S. The maximum atomic E-state index is 12.2. The summed E-state index contributed by atoms with van der Waals surface area (Å²) in [6.45, 7) is -0.386. The summed E-state index contributed by atoms with van der Waals surface area (Å²) < 4.78 is 0. The number of fused-ring (bicyclic) bond motifs is 2. The lowest BCUT2D eigenvalue weighted by Gasteiger charge is -2.34. The number of amides is 2. The van der Waals surface area contributed by atoms with E-state index in [-0.39, 0.29) is 18.4 Å². The molecule has 2 fully saturated rings. The molecule has 2 N–H and O–H groups in total. The zero-order chi connectivity index (χ0) is 13.7. The molecule has 1 aromatic rings. The van der Waals surface area contributed by atoms with E-state index >= 15 is 0 Å². The van der Waals surface area contributed by atoms with Crippen LogP contribution in [0.5, 0.6) is 0 Å². The molecule has 100 valence electrons. The standard InChI is InChI=1S/C13H14N2O3S/c1-15-11(18)12(8-16)14-10(17)13(15,19-12)7-9-5-3-2-4-6-9/h2-6,16H,7-8H2,1H3,(H,14,17)/t12-,13-/m0/s1. The van der Waals surface area contributed by atoms with Gasteiger partial charge in [0.05, 0.1) is 6.61 Å². The number of thioether (sulfide) groups is 1. The number of benzene rings is 1. The van der Waals surface area contributed by atoms with E-state index in [4.69, 9.17) is 0 Å². The Morgan fingerprint density at radius 2 is 2.00 bits per heavy atom. The number of carbonyl (C=O) groups excluding carboxylic acids is 2. The molecule has 2 atom stereocenters. The van der Waals surface area contributed by atoms with Gasteiger partial charge in [0.2, 0.25) is 0 Å². The predicted octanol–water partition coefficient (Wildman–Crippen LogP) is -0.0510. The lowest BCUT2D eigenvalue weighted by Crippen LogP contribution is -2.63. The SMILES string of the molecule is CN1C(=O)[C@@]2(CO)NC(=O)[C@]1(Cc1ccccc1)S2. The van der Waals surface area contributed by atoms with Crippen LogP contribution in [0.2, 0.25) is 0 Å². The molecule has 2 amide bonds. The molecule has 2 bridgehead atoms. The number of piperazine rings is 1. The summed E-state index contributed by atoms with van der Waals surface area (Å²) in [5.74, 6) is -0.451. The second-order valence-corrected chi connectivity index (χ2v) is 6.43. The van der Waals surface area contributed by atoms with Crippen LogP contribution < -0.4 is 5.32 Å². The minimum atomic E-state index is -1.19. The summed E-state index contributed by atoms with van der Waals surface area (Å²) in [6, 6.07) is 9.57. The molecule has 19 heavy (non-hydrogen) atoms. The Kier molecular flexibility index (Phi) is 2.62. The number of hydrogen-bond donors (Lipinski definition) is 2. The Morgan fingerprint density at radius 3 is 2.63 bits per heavy atom. The second kappa shape index (κ2) is 3.98. The first-order valence-corrected chi connectivity index (χ1v) is 6.81. The van der Waals surface area contributed by atoms with Gasteiger partial charge in [0.1, 0.15) is 0 Å². The first-order valence-electron chi connectivity index (χ1n) is 6.00. The quantitative estimate of drug-likeness (QED) is 0.813. The van der Waals surface area contributed by atoms with E-state index < -0.39 is 9.74 Å². The van der Waals surface area contributed by atoms with Gasteiger partial charge >= 0.3 is 0 Å². The molecule has 0 spiro atoms. The highest BCUT2D eigenvalue weighted by atomic mass is 32.2. The Balaban J connectivity index is 1.99. The van der Waals surface area contributed by atoms with Crippen molar-refractivity contribution in [1.82, 2.24) is 10.2 Å². The molecule has 2 saturated heterocycles. The van der Waals surface area contributed by atoms with Gasteiger partial charge in [0.25, 0.3) is 11.8 Å². The molecule has 0 saturated carbocycles. The monoisotopic (exact) mass is 278 g/mol. The van der Waals surface area contributed by atoms with Crippen LogP contribution in [0.25, 0.3) is 0 Å². The van der Waals surface area contributed by atoms with Gasteiger partial charge in [0.15, 0.2) is 9.74 Å². The highest BCUT2D eigenvalue weighted by molar-refractivity contribution is 8.04. The Labute approximate surface area is 115 Å². The summed E-state index contributed by atoms with van der Waals surface area (Å²) in [4.78, 5) is 23.8. The average Bonchev–Trinajstić information content (AvgIpc) is 2.82. The minimum Gasteiger partial charge on any atom is -0.392 e. The van der Waals surface area contributed by atoms with Gasteiger partial charge < -0.3 is 15.3 Å². The van der Waals surface area contributed by atoms with Gasteiger partial charge in [-0.3, -0.25) is 9.59 Å².